The Morgan fingerprint density at radius 1 is 1.21 bits per heavy atom. The van der Waals surface area contributed by atoms with Crippen molar-refractivity contribution in [1.29, 1.82) is 0 Å². The van der Waals surface area contributed by atoms with Crippen LogP contribution in [-0.4, -0.2) is 51.4 Å². The molecule has 0 aliphatic carbocycles. The van der Waals surface area contributed by atoms with E-state index in [1.54, 1.807) is 15.9 Å². The smallest absolute Gasteiger partial charge is 0.249 e. The number of carbonyl (C=O) groups is 2. The molecule has 0 N–H and O–H groups in total. The minimum atomic E-state index is -0.0988. The van der Waals surface area contributed by atoms with Crippen LogP contribution in [0.15, 0.2) is 28.7 Å². The van der Waals surface area contributed by atoms with E-state index in [1.807, 2.05) is 25.1 Å². The topological polar surface area (TPSA) is 79.5 Å². The van der Waals surface area contributed by atoms with Gasteiger partial charge >= 0.3 is 0 Å². The molecule has 0 unspecified atom stereocenters. The third-order valence-corrected chi connectivity index (χ3v) is 5.32. The first-order chi connectivity index (χ1) is 14.1. The van der Waals surface area contributed by atoms with Gasteiger partial charge in [0.15, 0.2) is 0 Å². The molecule has 1 aliphatic rings. The van der Waals surface area contributed by atoms with Crippen LogP contribution in [-0.2, 0) is 16.1 Å². The molecule has 2 heterocycles. The largest absolute Gasteiger partial charge is 0.419 e. The Labute approximate surface area is 176 Å². The van der Waals surface area contributed by atoms with E-state index in [-0.39, 0.29) is 24.9 Å². The molecule has 0 saturated carbocycles. The van der Waals surface area contributed by atoms with Crippen molar-refractivity contribution in [3.8, 4) is 11.5 Å². The van der Waals surface area contributed by atoms with Crippen LogP contribution in [0, 0.1) is 0 Å². The number of halogens is 1. The van der Waals surface area contributed by atoms with E-state index in [2.05, 4.69) is 10.2 Å². The molecule has 1 aromatic heterocycles. The molecule has 1 fully saturated rings. The van der Waals surface area contributed by atoms with E-state index < -0.39 is 0 Å². The summed E-state index contributed by atoms with van der Waals surface area (Å²) in [5.74, 6) is 0.640. The van der Waals surface area contributed by atoms with Crippen molar-refractivity contribution in [3.63, 3.8) is 0 Å². The van der Waals surface area contributed by atoms with Crippen LogP contribution in [0.3, 0.4) is 0 Å². The van der Waals surface area contributed by atoms with Gasteiger partial charge in [-0.25, -0.2) is 0 Å². The Balaban J connectivity index is 1.67. The average Bonchev–Trinajstić information content (AvgIpc) is 3.16. The first-order valence-electron chi connectivity index (χ1n) is 10.2. The van der Waals surface area contributed by atoms with E-state index in [0.717, 1.165) is 32.1 Å². The van der Waals surface area contributed by atoms with E-state index in [9.17, 15) is 9.59 Å². The highest BCUT2D eigenvalue weighted by Crippen LogP contribution is 2.26. The van der Waals surface area contributed by atoms with E-state index in [4.69, 9.17) is 16.0 Å². The van der Waals surface area contributed by atoms with Crippen LogP contribution in [0.2, 0.25) is 5.02 Å². The number of hydrogen-bond donors (Lipinski definition) is 0. The lowest BCUT2D eigenvalue weighted by atomic mass is 10.1. The third-order valence-electron chi connectivity index (χ3n) is 4.99. The predicted molar refractivity (Wildman–Crippen MR) is 110 cm³/mol. The fraction of sp³-hybridized carbons (Fsp3) is 0.524. The molecular formula is C21H27ClN4O3. The molecule has 29 heavy (non-hydrogen) atoms. The molecule has 0 spiro atoms. The highest BCUT2D eigenvalue weighted by Gasteiger charge is 2.23. The minimum absolute atomic E-state index is 0.0632. The van der Waals surface area contributed by atoms with E-state index in [1.165, 1.54) is 0 Å². The van der Waals surface area contributed by atoms with E-state index >= 15 is 0 Å². The highest BCUT2D eigenvalue weighted by atomic mass is 35.5. The summed E-state index contributed by atoms with van der Waals surface area (Å²) in [4.78, 5) is 28.6. The van der Waals surface area contributed by atoms with Crippen LogP contribution in [0.5, 0.6) is 0 Å². The Morgan fingerprint density at radius 2 is 2.00 bits per heavy atom. The third kappa shape index (κ3) is 5.79. The zero-order valence-electron chi connectivity index (χ0n) is 16.8. The second kappa shape index (κ2) is 10.4. The van der Waals surface area contributed by atoms with Gasteiger partial charge in [-0.15, -0.1) is 10.2 Å². The lowest BCUT2D eigenvalue weighted by Gasteiger charge is -2.28. The number of aromatic nitrogens is 2. The van der Waals surface area contributed by atoms with Gasteiger partial charge in [-0.3, -0.25) is 9.59 Å². The molecule has 7 nitrogen and oxygen atoms in total. The summed E-state index contributed by atoms with van der Waals surface area (Å²) in [7, 11) is 0. The maximum Gasteiger partial charge on any atom is 0.249 e. The van der Waals surface area contributed by atoms with Crippen LogP contribution < -0.4 is 0 Å². The van der Waals surface area contributed by atoms with Gasteiger partial charge in [0.1, 0.15) is 0 Å². The zero-order valence-corrected chi connectivity index (χ0v) is 17.5. The fourth-order valence-corrected chi connectivity index (χ4v) is 3.65. The monoisotopic (exact) mass is 418 g/mol. The summed E-state index contributed by atoms with van der Waals surface area (Å²) < 4.78 is 5.74. The fourth-order valence-electron chi connectivity index (χ4n) is 3.43. The van der Waals surface area contributed by atoms with Crippen molar-refractivity contribution in [1.82, 2.24) is 20.0 Å². The Morgan fingerprint density at radius 3 is 2.79 bits per heavy atom. The molecule has 2 amide bonds. The number of carbonyl (C=O) groups excluding carboxylic acids is 2. The number of benzene rings is 1. The number of rotatable bonds is 7. The summed E-state index contributed by atoms with van der Waals surface area (Å²) in [6.45, 7) is 3.52. The number of amides is 2. The summed E-state index contributed by atoms with van der Waals surface area (Å²) >= 11 is 6.19. The molecule has 1 aliphatic heterocycles. The van der Waals surface area contributed by atoms with Crippen molar-refractivity contribution < 1.29 is 14.0 Å². The molecule has 0 radical (unpaired) electrons. The molecule has 2 aromatic rings. The van der Waals surface area contributed by atoms with Crippen molar-refractivity contribution in [2.75, 3.05) is 19.6 Å². The Kier molecular flexibility index (Phi) is 7.63. The number of likely N-dealkylation sites (tertiary alicyclic amines) is 1. The molecule has 0 bridgehead atoms. The van der Waals surface area contributed by atoms with Crippen LogP contribution >= 0.6 is 11.6 Å². The van der Waals surface area contributed by atoms with Crippen molar-refractivity contribution >= 4 is 23.4 Å². The normalized spacial score (nSPS) is 15.1. The van der Waals surface area contributed by atoms with Gasteiger partial charge < -0.3 is 14.2 Å². The molecule has 3 rings (SSSR count). The summed E-state index contributed by atoms with van der Waals surface area (Å²) in [6, 6.07) is 7.24. The molecule has 0 atom stereocenters. The Bertz CT molecular complexity index is 839. The molecule has 156 valence electrons. The van der Waals surface area contributed by atoms with Gasteiger partial charge in [-0.2, -0.15) is 0 Å². The minimum Gasteiger partial charge on any atom is -0.419 e. The zero-order chi connectivity index (χ0) is 20.6. The second-order valence-electron chi connectivity index (χ2n) is 7.28. The molecular weight excluding hydrogens is 392 g/mol. The number of hydrogen-bond acceptors (Lipinski definition) is 5. The van der Waals surface area contributed by atoms with Crippen molar-refractivity contribution in [2.45, 2.75) is 52.0 Å². The second-order valence-corrected chi connectivity index (χ2v) is 7.68. The highest BCUT2D eigenvalue weighted by molar-refractivity contribution is 6.33. The van der Waals surface area contributed by atoms with Crippen LogP contribution in [0.25, 0.3) is 11.5 Å². The van der Waals surface area contributed by atoms with Gasteiger partial charge in [-0.05, 0) is 31.4 Å². The lowest BCUT2D eigenvalue weighted by Crippen LogP contribution is -2.43. The van der Waals surface area contributed by atoms with Crippen molar-refractivity contribution in [2.24, 2.45) is 0 Å². The van der Waals surface area contributed by atoms with E-state index in [0.29, 0.717) is 41.9 Å². The maximum absolute atomic E-state index is 12.9. The first-order valence-corrected chi connectivity index (χ1v) is 10.6. The summed E-state index contributed by atoms with van der Waals surface area (Å²) in [5.41, 5.74) is 0.660. The molecule has 1 saturated heterocycles. The SMILES string of the molecule is CCCN(Cc1nnc(-c2ccccc2Cl)o1)C(=O)CN1CCCCCCC1=O. The standard InChI is InChI=1S/C21H27ClN4O3/c1-2-12-25(20(28)15-26-13-8-4-3-5-11-19(26)27)14-18-23-24-21(29-18)16-9-6-7-10-17(16)22/h6-7,9-10H,2-5,8,11-15H2,1H3. The van der Waals surface area contributed by atoms with Gasteiger partial charge in [0.2, 0.25) is 23.6 Å². The van der Waals surface area contributed by atoms with Crippen LogP contribution in [0.4, 0.5) is 0 Å². The predicted octanol–water partition coefficient (Wildman–Crippen LogP) is 3.92. The average molecular weight is 419 g/mol. The van der Waals surface area contributed by atoms with Crippen LogP contribution in [0.1, 0.15) is 51.3 Å². The van der Waals surface area contributed by atoms with Gasteiger partial charge in [0.25, 0.3) is 0 Å². The quantitative estimate of drug-likeness (QED) is 0.680. The number of nitrogens with zero attached hydrogens (tertiary/aromatic N) is 4. The lowest BCUT2D eigenvalue weighted by molar-refractivity contribution is -0.141. The molecule has 8 heteroatoms. The molecule has 1 aromatic carbocycles. The van der Waals surface area contributed by atoms with Gasteiger partial charge in [-0.1, -0.05) is 43.5 Å². The van der Waals surface area contributed by atoms with Crippen molar-refractivity contribution in [3.05, 3.63) is 35.2 Å². The maximum atomic E-state index is 12.9. The summed E-state index contributed by atoms with van der Waals surface area (Å²) in [5, 5.41) is 8.67. The summed E-state index contributed by atoms with van der Waals surface area (Å²) in [6.07, 6.45) is 5.34. The Hall–Kier alpha value is -2.41. The van der Waals surface area contributed by atoms with Gasteiger partial charge in [0, 0.05) is 19.5 Å². The first kappa shape index (κ1) is 21.3. The van der Waals surface area contributed by atoms with Gasteiger partial charge in [0.05, 0.1) is 23.7 Å².